The van der Waals surface area contributed by atoms with Crippen LogP contribution in [0.25, 0.3) is 0 Å². The predicted octanol–water partition coefficient (Wildman–Crippen LogP) is 2.60. The van der Waals surface area contributed by atoms with Gasteiger partial charge in [-0.1, -0.05) is 26.2 Å². The number of amides is 1. The second kappa shape index (κ2) is 11.1. The summed E-state index contributed by atoms with van der Waals surface area (Å²) in [6.45, 7) is 6.10. The van der Waals surface area contributed by atoms with E-state index in [0.717, 1.165) is 36.8 Å². The van der Waals surface area contributed by atoms with Gasteiger partial charge in [0.05, 0.1) is 6.54 Å². The molecule has 0 aliphatic heterocycles. The van der Waals surface area contributed by atoms with Gasteiger partial charge in [0.2, 0.25) is 5.91 Å². The first-order valence-corrected chi connectivity index (χ1v) is 10.3. The Labute approximate surface area is 154 Å². The normalized spacial score (nSPS) is 15.8. The zero-order chi connectivity index (χ0) is 17.9. The van der Waals surface area contributed by atoms with Gasteiger partial charge in [0, 0.05) is 36.6 Å². The number of nitrogens with one attached hydrogen (secondary N) is 3. The number of hydrogen-bond acceptors (Lipinski definition) is 4. The summed E-state index contributed by atoms with van der Waals surface area (Å²) in [5.41, 5.74) is 0. The van der Waals surface area contributed by atoms with Crippen LogP contribution < -0.4 is 16.0 Å². The van der Waals surface area contributed by atoms with E-state index in [4.69, 9.17) is 0 Å². The smallest absolute Gasteiger partial charge is 0.221 e. The number of thiazole rings is 1. The van der Waals surface area contributed by atoms with Crippen LogP contribution >= 0.6 is 11.3 Å². The molecule has 140 valence electrons. The van der Waals surface area contributed by atoms with Crippen LogP contribution in [0.2, 0.25) is 0 Å². The number of nitrogens with zero attached hydrogens (tertiary/aromatic N) is 2. The van der Waals surface area contributed by atoms with Gasteiger partial charge in [0.15, 0.2) is 5.96 Å². The lowest BCUT2D eigenvalue weighted by atomic mass is 9.95. The Morgan fingerprint density at radius 1 is 1.28 bits per heavy atom. The third-order valence-corrected chi connectivity index (χ3v) is 5.41. The molecule has 0 atom stereocenters. The molecule has 2 rings (SSSR count). The molecule has 0 spiro atoms. The van der Waals surface area contributed by atoms with Crippen LogP contribution in [-0.4, -0.2) is 36.0 Å². The molecule has 0 saturated heterocycles. The Bertz CT molecular complexity index is 551. The van der Waals surface area contributed by atoms with Gasteiger partial charge in [-0.2, -0.15) is 0 Å². The van der Waals surface area contributed by atoms with Crippen LogP contribution in [0.4, 0.5) is 0 Å². The molecule has 0 unspecified atom stereocenters. The van der Waals surface area contributed by atoms with E-state index in [0.29, 0.717) is 25.6 Å². The van der Waals surface area contributed by atoms with Crippen LogP contribution in [0.5, 0.6) is 0 Å². The van der Waals surface area contributed by atoms with Crippen molar-refractivity contribution >= 4 is 23.2 Å². The van der Waals surface area contributed by atoms with Crippen LogP contribution in [0.15, 0.2) is 11.2 Å². The van der Waals surface area contributed by atoms with E-state index in [-0.39, 0.29) is 5.91 Å². The average molecular weight is 366 g/mol. The highest BCUT2D eigenvalue weighted by atomic mass is 32.1. The highest BCUT2D eigenvalue weighted by Crippen LogP contribution is 2.17. The number of carbonyl (C=O) groups is 1. The minimum Gasteiger partial charge on any atom is -0.357 e. The molecule has 0 radical (unpaired) electrons. The number of carbonyl (C=O) groups excluding carboxylic acids is 1. The largest absolute Gasteiger partial charge is 0.357 e. The maximum atomic E-state index is 12.0. The molecule has 1 fully saturated rings. The van der Waals surface area contributed by atoms with Crippen molar-refractivity contribution in [3.05, 3.63) is 16.1 Å². The minimum absolute atomic E-state index is 0.128. The summed E-state index contributed by atoms with van der Waals surface area (Å²) >= 11 is 1.70. The number of hydrogen-bond donors (Lipinski definition) is 3. The molecule has 1 aliphatic carbocycles. The first-order chi connectivity index (χ1) is 12.2. The topological polar surface area (TPSA) is 78.4 Å². The first-order valence-electron chi connectivity index (χ1n) is 9.46. The predicted molar refractivity (Wildman–Crippen MR) is 104 cm³/mol. The molecular formula is C18H31N5OS. The summed E-state index contributed by atoms with van der Waals surface area (Å²) in [6.07, 6.45) is 9.41. The van der Waals surface area contributed by atoms with Crippen LogP contribution in [0.1, 0.15) is 62.3 Å². The molecular weight excluding hydrogens is 334 g/mol. The van der Waals surface area contributed by atoms with E-state index in [9.17, 15) is 4.79 Å². The monoisotopic (exact) mass is 365 g/mol. The maximum absolute atomic E-state index is 12.0. The molecule has 25 heavy (non-hydrogen) atoms. The Morgan fingerprint density at radius 3 is 2.76 bits per heavy atom. The van der Waals surface area contributed by atoms with Gasteiger partial charge in [-0.25, -0.2) is 9.98 Å². The van der Waals surface area contributed by atoms with Crippen molar-refractivity contribution in [2.45, 2.75) is 71.4 Å². The van der Waals surface area contributed by atoms with Crippen molar-refractivity contribution in [1.29, 1.82) is 0 Å². The number of aliphatic imine (C=N–C) groups is 1. The summed E-state index contributed by atoms with van der Waals surface area (Å²) in [5.74, 6) is 0.865. The molecule has 7 heteroatoms. The van der Waals surface area contributed by atoms with Gasteiger partial charge in [-0.05, 0) is 26.2 Å². The maximum Gasteiger partial charge on any atom is 0.221 e. The van der Waals surface area contributed by atoms with E-state index < -0.39 is 0 Å². The van der Waals surface area contributed by atoms with E-state index in [2.05, 4.69) is 32.9 Å². The van der Waals surface area contributed by atoms with Gasteiger partial charge in [0.25, 0.3) is 0 Å². The Hall–Kier alpha value is -1.63. The first kappa shape index (κ1) is 19.7. The number of aromatic nitrogens is 1. The minimum atomic E-state index is 0.128. The average Bonchev–Trinajstić information content (AvgIpc) is 3.08. The van der Waals surface area contributed by atoms with E-state index in [1.165, 1.54) is 24.1 Å². The van der Waals surface area contributed by atoms with E-state index in [1.807, 2.05) is 13.1 Å². The van der Waals surface area contributed by atoms with Gasteiger partial charge in [0.1, 0.15) is 5.01 Å². The van der Waals surface area contributed by atoms with E-state index in [1.54, 1.807) is 11.3 Å². The van der Waals surface area contributed by atoms with Crippen molar-refractivity contribution < 1.29 is 4.79 Å². The lowest BCUT2D eigenvalue weighted by Gasteiger charge is -2.22. The van der Waals surface area contributed by atoms with Gasteiger partial charge >= 0.3 is 0 Å². The molecule has 1 saturated carbocycles. The number of rotatable bonds is 8. The Morgan fingerprint density at radius 2 is 2.08 bits per heavy atom. The zero-order valence-corrected chi connectivity index (χ0v) is 16.3. The molecule has 1 heterocycles. The standard InChI is InChI=1S/C18H31N5OS/c1-3-15-12-21-17(25-15)13-22-18(19-4-2)20-11-10-16(24)23-14-8-6-5-7-9-14/h12,14H,3-11,13H2,1-2H3,(H,23,24)(H2,19,20,22). The van der Waals surface area contributed by atoms with E-state index >= 15 is 0 Å². The molecule has 1 aromatic rings. The lowest BCUT2D eigenvalue weighted by Crippen LogP contribution is -2.41. The van der Waals surface area contributed by atoms with Crippen LogP contribution in [-0.2, 0) is 17.8 Å². The second-order valence-electron chi connectivity index (χ2n) is 6.35. The third-order valence-electron chi connectivity index (χ3n) is 4.28. The fourth-order valence-electron chi connectivity index (χ4n) is 2.91. The van der Waals surface area contributed by atoms with Gasteiger partial charge in [-0.15, -0.1) is 11.3 Å². The Kier molecular flexibility index (Phi) is 8.72. The molecule has 1 aromatic heterocycles. The number of aryl methyl sites for hydroxylation is 1. The summed E-state index contributed by atoms with van der Waals surface area (Å²) in [5, 5.41) is 10.6. The van der Waals surface area contributed by atoms with Crippen molar-refractivity contribution in [3.8, 4) is 0 Å². The quantitative estimate of drug-likeness (QED) is 0.489. The number of guanidine groups is 1. The third kappa shape index (κ3) is 7.42. The second-order valence-corrected chi connectivity index (χ2v) is 7.55. The van der Waals surface area contributed by atoms with Crippen molar-refractivity contribution in [2.75, 3.05) is 13.1 Å². The fraction of sp³-hybridized carbons (Fsp3) is 0.722. The molecule has 6 nitrogen and oxygen atoms in total. The molecule has 0 aromatic carbocycles. The van der Waals surface area contributed by atoms with Crippen molar-refractivity contribution in [1.82, 2.24) is 20.9 Å². The summed E-state index contributed by atoms with van der Waals surface area (Å²) in [4.78, 5) is 22.3. The summed E-state index contributed by atoms with van der Waals surface area (Å²) in [6, 6.07) is 0.376. The SMILES string of the molecule is CCNC(=NCc1ncc(CC)s1)NCCC(=O)NC1CCCCC1. The molecule has 1 amide bonds. The fourth-order valence-corrected chi connectivity index (χ4v) is 3.70. The van der Waals surface area contributed by atoms with Crippen LogP contribution in [0, 0.1) is 0 Å². The zero-order valence-electron chi connectivity index (χ0n) is 15.4. The summed E-state index contributed by atoms with van der Waals surface area (Å²) < 4.78 is 0. The summed E-state index contributed by atoms with van der Waals surface area (Å²) in [7, 11) is 0. The van der Waals surface area contributed by atoms with Crippen LogP contribution in [0.3, 0.4) is 0 Å². The molecule has 1 aliphatic rings. The molecule has 3 N–H and O–H groups in total. The van der Waals surface area contributed by atoms with Gasteiger partial charge < -0.3 is 16.0 Å². The van der Waals surface area contributed by atoms with Crippen molar-refractivity contribution in [2.24, 2.45) is 4.99 Å². The Balaban J connectivity index is 1.72. The molecule has 0 bridgehead atoms. The highest BCUT2D eigenvalue weighted by molar-refractivity contribution is 7.11. The van der Waals surface area contributed by atoms with Crippen molar-refractivity contribution in [3.63, 3.8) is 0 Å². The van der Waals surface area contributed by atoms with Gasteiger partial charge in [-0.3, -0.25) is 4.79 Å². The highest BCUT2D eigenvalue weighted by Gasteiger charge is 2.15. The lowest BCUT2D eigenvalue weighted by molar-refractivity contribution is -0.121.